The number of carboxylic acids is 1. The van der Waals surface area contributed by atoms with Crippen LogP contribution in [0, 0.1) is 5.92 Å². The highest BCUT2D eigenvalue weighted by molar-refractivity contribution is 6.04. The minimum atomic E-state index is -1.66. The van der Waals surface area contributed by atoms with Crippen molar-refractivity contribution in [1.82, 2.24) is 10.6 Å². The van der Waals surface area contributed by atoms with E-state index in [2.05, 4.69) is 10.6 Å². The molecule has 180 valence electrons. The predicted molar refractivity (Wildman–Crippen MR) is 123 cm³/mol. The SMILES string of the molecule is CCOC(=O)C(NC(=O)OCC1c2ccccc2-c2ccccc21)C(=O)NCC(CC)C(=O)O. The van der Waals surface area contributed by atoms with E-state index in [0.29, 0.717) is 6.42 Å². The standard InChI is InChI=1S/C25H28N2O7/c1-3-15(23(29)30)13-26-22(28)21(24(31)33-4-2)27-25(32)34-14-20-18-11-7-5-9-16(18)17-10-6-8-12-19(17)20/h5-12,15,20-21H,3-4,13-14H2,1-2H3,(H,26,28)(H,27,32)(H,29,30). The van der Waals surface area contributed by atoms with Crippen LogP contribution in [0.15, 0.2) is 48.5 Å². The lowest BCUT2D eigenvalue weighted by Gasteiger charge is -2.19. The Labute approximate surface area is 197 Å². The molecule has 3 rings (SSSR count). The highest BCUT2D eigenvalue weighted by Crippen LogP contribution is 2.44. The highest BCUT2D eigenvalue weighted by atomic mass is 16.6. The summed E-state index contributed by atoms with van der Waals surface area (Å²) in [6.07, 6.45) is -0.667. The summed E-state index contributed by atoms with van der Waals surface area (Å²) in [5, 5.41) is 13.8. The molecule has 1 aliphatic rings. The predicted octanol–water partition coefficient (Wildman–Crippen LogP) is 2.68. The second-order valence-corrected chi connectivity index (χ2v) is 7.84. The number of rotatable bonds is 10. The van der Waals surface area contributed by atoms with Gasteiger partial charge >= 0.3 is 18.0 Å². The average Bonchev–Trinajstić information content (AvgIpc) is 3.15. The van der Waals surface area contributed by atoms with Crippen molar-refractivity contribution in [3.8, 4) is 11.1 Å². The lowest BCUT2D eigenvalue weighted by Crippen LogP contribution is -2.53. The third-order valence-electron chi connectivity index (χ3n) is 5.76. The number of carboxylic acid groups (broad SMARTS) is 1. The molecule has 0 radical (unpaired) electrons. The van der Waals surface area contributed by atoms with Crippen molar-refractivity contribution in [3.05, 3.63) is 59.7 Å². The van der Waals surface area contributed by atoms with Gasteiger partial charge in [0.1, 0.15) is 6.61 Å². The molecule has 9 nitrogen and oxygen atoms in total. The molecule has 0 aromatic heterocycles. The first-order chi connectivity index (χ1) is 16.4. The van der Waals surface area contributed by atoms with Gasteiger partial charge in [-0.3, -0.25) is 14.9 Å². The van der Waals surface area contributed by atoms with Crippen molar-refractivity contribution in [2.75, 3.05) is 19.8 Å². The zero-order valence-electron chi connectivity index (χ0n) is 19.1. The lowest BCUT2D eigenvalue weighted by molar-refractivity contribution is -0.149. The van der Waals surface area contributed by atoms with E-state index in [0.717, 1.165) is 22.3 Å². The Morgan fingerprint density at radius 2 is 1.53 bits per heavy atom. The Kier molecular flexibility index (Phi) is 8.24. The van der Waals surface area contributed by atoms with Crippen molar-refractivity contribution < 1.29 is 33.8 Å². The van der Waals surface area contributed by atoms with Crippen LogP contribution in [0.3, 0.4) is 0 Å². The minimum absolute atomic E-state index is 0.00168. The molecule has 2 unspecified atom stereocenters. The van der Waals surface area contributed by atoms with Gasteiger partial charge < -0.3 is 19.9 Å². The fraction of sp³-hybridized carbons (Fsp3) is 0.360. The largest absolute Gasteiger partial charge is 0.481 e. The maximum Gasteiger partial charge on any atom is 0.408 e. The molecular formula is C25H28N2O7. The van der Waals surface area contributed by atoms with Gasteiger partial charge in [0.25, 0.3) is 5.91 Å². The zero-order valence-corrected chi connectivity index (χ0v) is 19.1. The molecule has 2 aromatic carbocycles. The first-order valence-electron chi connectivity index (χ1n) is 11.2. The van der Waals surface area contributed by atoms with Gasteiger partial charge in [-0.05, 0) is 35.6 Å². The molecule has 0 saturated heterocycles. The summed E-state index contributed by atoms with van der Waals surface area (Å²) in [7, 11) is 0. The molecule has 0 spiro atoms. The lowest BCUT2D eigenvalue weighted by atomic mass is 9.98. The number of amides is 2. The summed E-state index contributed by atoms with van der Waals surface area (Å²) in [6, 6.07) is 14.0. The van der Waals surface area contributed by atoms with Crippen LogP contribution in [0.2, 0.25) is 0 Å². The number of alkyl carbamates (subject to hydrolysis) is 1. The smallest absolute Gasteiger partial charge is 0.408 e. The van der Waals surface area contributed by atoms with Crippen LogP contribution in [0.1, 0.15) is 37.3 Å². The number of carbonyl (C=O) groups excluding carboxylic acids is 3. The van der Waals surface area contributed by atoms with Gasteiger partial charge in [0.15, 0.2) is 0 Å². The van der Waals surface area contributed by atoms with Crippen LogP contribution in [-0.4, -0.2) is 54.8 Å². The van der Waals surface area contributed by atoms with Gasteiger partial charge in [-0.1, -0.05) is 55.5 Å². The monoisotopic (exact) mass is 468 g/mol. The van der Waals surface area contributed by atoms with Gasteiger partial charge in [-0.25, -0.2) is 9.59 Å². The minimum Gasteiger partial charge on any atom is -0.481 e. The normalized spacial score (nSPS) is 13.7. The Hall–Kier alpha value is -3.88. The molecule has 3 N–H and O–H groups in total. The summed E-state index contributed by atoms with van der Waals surface area (Å²) < 4.78 is 10.3. The Bertz CT molecular complexity index is 1020. The van der Waals surface area contributed by atoms with E-state index in [1.165, 1.54) is 0 Å². The number of fused-ring (bicyclic) bond motifs is 3. The van der Waals surface area contributed by atoms with Gasteiger partial charge in [0, 0.05) is 12.5 Å². The van der Waals surface area contributed by atoms with Crippen molar-refractivity contribution >= 4 is 23.9 Å². The van der Waals surface area contributed by atoms with E-state index in [9.17, 15) is 19.2 Å². The van der Waals surface area contributed by atoms with E-state index in [4.69, 9.17) is 14.6 Å². The van der Waals surface area contributed by atoms with E-state index >= 15 is 0 Å². The van der Waals surface area contributed by atoms with Crippen LogP contribution in [0.25, 0.3) is 11.1 Å². The summed E-state index contributed by atoms with van der Waals surface area (Å²) in [5.74, 6) is -3.90. The number of hydrogen-bond acceptors (Lipinski definition) is 6. The summed E-state index contributed by atoms with van der Waals surface area (Å²) >= 11 is 0. The quantitative estimate of drug-likeness (QED) is 0.361. The molecule has 0 bridgehead atoms. The average molecular weight is 469 g/mol. The molecule has 2 atom stereocenters. The van der Waals surface area contributed by atoms with Gasteiger partial charge in [0.2, 0.25) is 6.04 Å². The van der Waals surface area contributed by atoms with Crippen molar-refractivity contribution in [3.63, 3.8) is 0 Å². The second kappa shape index (κ2) is 11.3. The number of hydrogen-bond donors (Lipinski definition) is 3. The number of aliphatic carboxylic acids is 1. The maximum atomic E-state index is 12.6. The van der Waals surface area contributed by atoms with Crippen LogP contribution >= 0.6 is 0 Å². The van der Waals surface area contributed by atoms with Crippen LogP contribution in [0.5, 0.6) is 0 Å². The molecule has 0 saturated carbocycles. The van der Waals surface area contributed by atoms with E-state index in [-0.39, 0.29) is 25.7 Å². The van der Waals surface area contributed by atoms with E-state index in [1.54, 1.807) is 13.8 Å². The Morgan fingerprint density at radius 1 is 0.941 bits per heavy atom. The maximum absolute atomic E-state index is 12.6. The number of ether oxygens (including phenoxy) is 2. The number of benzene rings is 2. The van der Waals surface area contributed by atoms with Crippen LogP contribution < -0.4 is 10.6 Å². The van der Waals surface area contributed by atoms with Crippen molar-refractivity contribution in [2.24, 2.45) is 5.92 Å². The second-order valence-electron chi connectivity index (χ2n) is 7.84. The van der Waals surface area contributed by atoms with Crippen molar-refractivity contribution in [1.29, 1.82) is 0 Å². The van der Waals surface area contributed by atoms with Crippen LogP contribution in [0.4, 0.5) is 4.79 Å². The van der Waals surface area contributed by atoms with Gasteiger partial charge in [-0.15, -0.1) is 0 Å². The van der Waals surface area contributed by atoms with Gasteiger partial charge in [0.05, 0.1) is 12.5 Å². The molecule has 0 aliphatic heterocycles. The first kappa shape index (κ1) is 24.8. The van der Waals surface area contributed by atoms with Gasteiger partial charge in [-0.2, -0.15) is 0 Å². The zero-order chi connectivity index (χ0) is 24.7. The number of carbonyl (C=O) groups is 4. The third kappa shape index (κ3) is 5.54. The molecule has 0 fully saturated rings. The molecule has 9 heteroatoms. The Morgan fingerprint density at radius 3 is 2.06 bits per heavy atom. The van der Waals surface area contributed by atoms with Crippen LogP contribution in [-0.2, 0) is 23.9 Å². The fourth-order valence-electron chi connectivity index (χ4n) is 3.95. The molecular weight excluding hydrogens is 440 g/mol. The fourth-order valence-corrected chi connectivity index (χ4v) is 3.95. The molecule has 2 aromatic rings. The number of nitrogens with one attached hydrogen (secondary N) is 2. The Balaban J connectivity index is 1.66. The first-order valence-corrected chi connectivity index (χ1v) is 11.2. The van der Waals surface area contributed by atoms with Crippen molar-refractivity contribution in [2.45, 2.75) is 32.2 Å². The number of esters is 1. The summed E-state index contributed by atoms with van der Waals surface area (Å²) in [4.78, 5) is 48.6. The third-order valence-corrected chi connectivity index (χ3v) is 5.76. The molecule has 1 aliphatic carbocycles. The molecule has 2 amide bonds. The highest BCUT2D eigenvalue weighted by Gasteiger charge is 2.33. The molecule has 0 heterocycles. The summed E-state index contributed by atoms with van der Waals surface area (Å²) in [5.41, 5.74) is 4.19. The molecule has 34 heavy (non-hydrogen) atoms. The van der Waals surface area contributed by atoms with E-state index in [1.807, 2.05) is 48.5 Å². The summed E-state index contributed by atoms with van der Waals surface area (Å²) in [6.45, 7) is 3.06. The topological polar surface area (TPSA) is 131 Å². The van der Waals surface area contributed by atoms with E-state index < -0.39 is 35.9 Å².